The van der Waals surface area contributed by atoms with Gasteiger partial charge in [0.1, 0.15) is 0 Å². The second kappa shape index (κ2) is 7.67. The van der Waals surface area contributed by atoms with Gasteiger partial charge in [0.25, 0.3) is 0 Å². The Balaban J connectivity index is 2.27. The van der Waals surface area contributed by atoms with Crippen molar-refractivity contribution in [1.82, 2.24) is 4.90 Å². The second-order valence-electron chi connectivity index (χ2n) is 4.69. The maximum atomic E-state index is 11.6. The lowest BCUT2D eigenvalue weighted by atomic mass is 9.95. The van der Waals surface area contributed by atoms with E-state index >= 15 is 0 Å². The standard InChI is InChI=1S/C13H25NO3/c1-4-17-13(15)12-5-8-14(9-6-12)11(2)7-10-16-3/h11-12H,4-10H2,1-3H3. The Hall–Kier alpha value is -0.610. The van der Waals surface area contributed by atoms with Crippen molar-refractivity contribution in [3.63, 3.8) is 0 Å². The molecule has 0 aromatic carbocycles. The number of hydrogen-bond donors (Lipinski definition) is 0. The molecule has 1 saturated heterocycles. The van der Waals surface area contributed by atoms with Crippen LogP contribution in [0.3, 0.4) is 0 Å². The van der Waals surface area contributed by atoms with Gasteiger partial charge in [-0.05, 0) is 46.2 Å². The highest BCUT2D eigenvalue weighted by molar-refractivity contribution is 5.72. The van der Waals surface area contributed by atoms with E-state index in [2.05, 4.69) is 11.8 Å². The second-order valence-corrected chi connectivity index (χ2v) is 4.69. The Labute approximate surface area is 104 Å². The van der Waals surface area contributed by atoms with Crippen LogP contribution in [0.1, 0.15) is 33.1 Å². The number of piperidine rings is 1. The lowest BCUT2D eigenvalue weighted by Crippen LogP contribution is -2.42. The fourth-order valence-electron chi connectivity index (χ4n) is 2.31. The van der Waals surface area contributed by atoms with Crippen LogP contribution in [0.4, 0.5) is 0 Å². The van der Waals surface area contributed by atoms with Crippen LogP contribution in [0.25, 0.3) is 0 Å². The van der Waals surface area contributed by atoms with E-state index in [1.807, 2.05) is 6.92 Å². The molecule has 1 rings (SSSR count). The third kappa shape index (κ3) is 4.64. The molecule has 0 radical (unpaired) electrons. The number of ether oxygens (including phenoxy) is 2. The van der Waals surface area contributed by atoms with Crippen LogP contribution in [0.15, 0.2) is 0 Å². The van der Waals surface area contributed by atoms with Gasteiger partial charge in [-0.2, -0.15) is 0 Å². The molecular formula is C13H25NO3. The van der Waals surface area contributed by atoms with Crippen molar-refractivity contribution in [2.75, 3.05) is 33.4 Å². The van der Waals surface area contributed by atoms with Gasteiger partial charge >= 0.3 is 5.97 Å². The van der Waals surface area contributed by atoms with Gasteiger partial charge in [-0.1, -0.05) is 0 Å². The zero-order chi connectivity index (χ0) is 12.7. The van der Waals surface area contributed by atoms with Gasteiger partial charge in [-0.15, -0.1) is 0 Å². The van der Waals surface area contributed by atoms with E-state index < -0.39 is 0 Å². The molecule has 0 saturated carbocycles. The van der Waals surface area contributed by atoms with Crippen LogP contribution < -0.4 is 0 Å². The highest BCUT2D eigenvalue weighted by Crippen LogP contribution is 2.21. The van der Waals surface area contributed by atoms with Gasteiger partial charge in [0.05, 0.1) is 12.5 Å². The van der Waals surface area contributed by atoms with Crippen LogP contribution in [-0.2, 0) is 14.3 Å². The molecule has 0 N–H and O–H groups in total. The first-order valence-electron chi connectivity index (χ1n) is 6.58. The minimum Gasteiger partial charge on any atom is -0.466 e. The summed E-state index contributed by atoms with van der Waals surface area (Å²) in [4.78, 5) is 14.0. The minimum atomic E-state index is -0.0169. The van der Waals surface area contributed by atoms with Crippen LogP contribution in [0, 0.1) is 5.92 Å². The zero-order valence-electron chi connectivity index (χ0n) is 11.3. The molecule has 100 valence electrons. The molecule has 1 aliphatic rings. The third-order valence-corrected chi connectivity index (χ3v) is 3.51. The first-order chi connectivity index (χ1) is 8.19. The Morgan fingerprint density at radius 1 is 1.41 bits per heavy atom. The van der Waals surface area contributed by atoms with Gasteiger partial charge < -0.3 is 14.4 Å². The summed E-state index contributed by atoms with van der Waals surface area (Å²) in [6.45, 7) is 7.37. The van der Waals surface area contributed by atoms with Gasteiger partial charge in [0, 0.05) is 19.8 Å². The predicted molar refractivity (Wildman–Crippen MR) is 66.9 cm³/mol. The highest BCUT2D eigenvalue weighted by atomic mass is 16.5. The molecule has 0 aromatic heterocycles. The summed E-state index contributed by atoms with van der Waals surface area (Å²) in [5, 5.41) is 0. The van der Waals surface area contributed by atoms with E-state index in [0.717, 1.165) is 39.0 Å². The number of esters is 1. The van der Waals surface area contributed by atoms with Crippen molar-refractivity contribution in [2.45, 2.75) is 39.2 Å². The fraction of sp³-hybridized carbons (Fsp3) is 0.923. The van der Waals surface area contributed by atoms with Crippen molar-refractivity contribution in [3.8, 4) is 0 Å². The van der Waals surface area contributed by atoms with Gasteiger partial charge in [-0.25, -0.2) is 0 Å². The predicted octanol–water partition coefficient (Wildman–Crippen LogP) is 1.69. The molecule has 1 heterocycles. The van der Waals surface area contributed by atoms with E-state index in [0.29, 0.717) is 12.6 Å². The molecule has 17 heavy (non-hydrogen) atoms. The summed E-state index contributed by atoms with van der Waals surface area (Å²) in [7, 11) is 1.74. The normalized spacial score (nSPS) is 20.2. The van der Waals surface area contributed by atoms with E-state index in [1.165, 1.54) is 0 Å². The van der Waals surface area contributed by atoms with E-state index in [9.17, 15) is 4.79 Å². The number of hydrogen-bond acceptors (Lipinski definition) is 4. The molecule has 0 aliphatic carbocycles. The van der Waals surface area contributed by atoms with E-state index in [4.69, 9.17) is 9.47 Å². The number of likely N-dealkylation sites (tertiary alicyclic amines) is 1. The molecule has 1 fully saturated rings. The summed E-state index contributed by atoms with van der Waals surface area (Å²) >= 11 is 0. The number of methoxy groups -OCH3 is 1. The third-order valence-electron chi connectivity index (χ3n) is 3.51. The van der Waals surface area contributed by atoms with E-state index in [1.54, 1.807) is 7.11 Å². The molecule has 4 nitrogen and oxygen atoms in total. The molecule has 1 atom stereocenters. The Kier molecular flexibility index (Phi) is 6.52. The van der Waals surface area contributed by atoms with Crippen molar-refractivity contribution < 1.29 is 14.3 Å². The SMILES string of the molecule is CCOC(=O)C1CCN(C(C)CCOC)CC1. The summed E-state index contributed by atoms with van der Waals surface area (Å²) < 4.78 is 10.2. The lowest BCUT2D eigenvalue weighted by molar-refractivity contribution is -0.149. The first-order valence-corrected chi connectivity index (χ1v) is 6.58. The van der Waals surface area contributed by atoms with Gasteiger partial charge in [0.15, 0.2) is 0 Å². The van der Waals surface area contributed by atoms with Crippen molar-refractivity contribution >= 4 is 5.97 Å². The minimum absolute atomic E-state index is 0.0169. The molecule has 0 bridgehead atoms. The topological polar surface area (TPSA) is 38.8 Å². The van der Waals surface area contributed by atoms with Gasteiger partial charge in [-0.3, -0.25) is 4.79 Å². The maximum Gasteiger partial charge on any atom is 0.309 e. The zero-order valence-corrected chi connectivity index (χ0v) is 11.3. The van der Waals surface area contributed by atoms with Crippen LogP contribution in [0.2, 0.25) is 0 Å². The number of rotatable bonds is 6. The molecular weight excluding hydrogens is 218 g/mol. The van der Waals surface area contributed by atoms with Crippen molar-refractivity contribution in [3.05, 3.63) is 0 Å². The molecule has 1 unspecified atom stereocenters. The average Bonchev–Trinajstić information content (AvgIpc) is 2.36. The van der Waals surface area contributed by atoms with Crippen LogP contribution in [0.5, 0.6) is 0 Å². The molecule has 4 heteroatoms. The molecule has 0 spiro atoms. The Morgan fingerprint density at radius 2 is 2.06 bits per heavy atom. The smallest absolute Gasteiger partial charge is 0.309 e. The summed E-state index contributed by atoms with van der Waals surface area (Å²) in [5.41, 5.74) is 0. The summed E-state index contributed by atoms with van der Waals surface area (Å²) in [6, 6.07) is 0.540. The molecule has 1 aliphatic heterocycles. The monoisotopic (exact) mass is 243 g/mol. The maximum absolute atomic E-state index is 11.6. The number of carbonyl (C=O) groups excluding carboxylic acids is 1. The average molecular weight is 243 g/mol. The van der Waals surface area contributed by atoms with Crippen LogP contribution >= 0.6 is 0 Å². The Morgan fingerprint density at radius 3 is 2.59 bits per heavy atom. The van der Waals surface area contributed by atoms with Crippen molar-refractivity contribution in [2.24, 2.45) is 5.92 Å². The quantitative estimate of drug-likeness (QED) is 0.665. The van der Waals surface area contributed by atoms with Crippen molar-refractivity contribution in [1.29, 1.82) is 0 Å². The summed E-state index contributed by atoms with van der Waals surface area (Å²) in [5.74, 6) is 0.0949. The fourth-order valence-corrected chi connectivity index (χ4v) is 2.31. The van der Waals surface area contributed by atoms with E-state index in [-0.39, 0.29) is 11.9 Å². The molecule has 0 amide bonds. The lowest BCUT2D eigenvalue weighted by Gasteiger charge is -2.35. The first kappa shape index (κ1) is 14.5. The summed E-state index contributed by atoms with van der Waals surface area (Å²) in [6.07, 6.45) is 2.91. The van der Waals surface area contributed by atoms with Gasteiger partial charge in [0.2, 0.25) is 0 Å². The largest absolute Gasteiger partial charge is 0.466 e. The number of nitrogens with zero attached hydrogens (tertiary/aromatic N) is 1. The highest BCUT2D eigenvalue weighted by Gasteiger charge is 2.27. The van der Waals surface area contributed by atoms with Crippen LogP contribution in [-0.4, -0.2) is 50.3 Å². The number of carbonyl (C=O) groups is 1. The molecule has 0 aromatic rings. The Bertz CT molecular complexity index is 225.